The molecule has 0 radical (unpaired) electrons. The summed E-state index contributed by atoms with van der Waals surface area (Å²) in [5.41, 5.74) is 3.47. The summed E-state index contributed by atoms with van der Waals surface area (Å²) in [6.45, 7) is 3.75. The summed E-state index contributed by atoms with van der Waals surface area (Å²) in [5, 5.41) is 5.07. The van der Waals surface area contributed by atoms with Crippen LogP contribution in [0.1, 0.15) is 38.2 Å². The molecular formula is C15H17N3O3S2. The van der Waals surface area contributed by atoms with Gasteiger partial charge >= 0.3 is 5.97 Å². The van der Waals surface area contributed by atoms with Crippen LogP contribution in [0.5, 0.6) is 0 Å². The maximum Gasteiger partial charge on any atom is 0.341 e. The first-order valence-electron chi connectivity index (χ1n) is 7.30. The van der Waals surface area contributed by atoms with Crippen molar-refractivity contribution < 1.29 is 14.3 Å². The van der Waals surface area contributed by atoms with Gasteiger partial charge < -0.3 is 15.0 Å². The smallest absolute Gasteiger partial charge is 0.341 e. The van der Waals surface area contributed by atoms with Gasteiger partial charge in [-0.1, -0.05) is 0 Å². The van der Waals surface area contributed by atoms with Gasteiger partial charge in [0.05, 0.1) is 17.7 Å². The number of thiophene rings is 1. The fourth-order valence-electron chi connectivity index (χ4n) is 2.53. The van der Waals surface area contributed by atoms with Crippen LogP contribution < -0.4 is 5.32 Å². The van der Waals surface area contributed by atoms with E-state index in [1.807, 2.05) is 7.05 Å². The third-order valence-corrected chi connectivity index (χ3v) is 5.34. The van der Waals surface area contributed by atoms with Crippen LogP contribution in [0, 0.1) is 0 Å². The number of anilines is 1. The van der Waals surface area contributed by atoms with Crippen molar-refractivity contribution in [3.8, 4) is 0 Å². The Morgan fingerprint density at radius 3 is 3.00 bits per heavy atom. The van der Waals surface area contributed by atoms with Crippen molar-refractivity contribution in [2.24, 2.45) is 0 Å². The minimum absolute atomic E-state index is 0.302. The van der Waals surface area contributed by atoms with Gasteiger partial charge in [-0.3, -0.25) is 4.79 Å². The number of thiazole rings is 1. The predicted octanol–water partition coefficient (Wildman–Crippen LogP) is 2.62. The number of hydrogen-bond donors (Lipinski definition) is 1. The lowest BCUT2D eigenvalue weighted by Gasteiger charge is -2.22. The van der Waals surface area contributed by atoms with E-state index in [4.69, 9.17) is 4.74 Å². The molecule has 1 N–H and O–H groups in total. The molecule has 2 aromatic rings. The molecule has 122 valence electrons. The van der Waals surface area contributed by atoms with Crippen LogP contribution in [-0.2, 0) is 17.7 Å². The number of hydrogen-bond acceptors (Lipinski definition) is 7. The van der Waals surface area contributed by atoms with Crippen LogP contribution in [0.15, 0.2) is 10.9 Å². The van der Waals surface area contributed by atoms with E-state index in [-0.39, 0.29) is 11.9 Å². The molecule has 0 fully saturated rings. The molecule has 2 aromatic heterocycles. The van der Waals surface area contributed by atoms with Crippen LogP contribution in [0.25, 0.3) is 0 Å². The third kappa shape index (κ3) is 3.29. The van der Waals surface area contributed by atoms with E-state index in [1.165, 1.54) is 22.7 Å². The zero-order chi connectivity index (χ0) is 16.4. The third-order valence-electron chi connectivity index (χ3n) is 3.62. The molecule has 0 saturated heterocycles. The van der Waals surface area contributed by atoms with Gasteiger partial charge in [0.15, 0.2) is 0 Å². The Hall–Kier alpha value is -1.77. The lowest BCUT2D eigenvalue weighted by molar-refractivity contribution is 0.0526. The number of fused-ring (bicyclic) bond motifs is 1. The first-order chi connectivity index (χ1) is 11.1. The summed E-state index contributed by atoms with van der Waals surface area (Å²) in [7, 11) is 2.04. The lowest BCUT2D eigenvalue weighted by atomic mass is 10.0. The van der Waals surface area contributed by atoms with Gasteiger partial charge in [0.2, 0.25) is 0 Å². The van der Waals surface area contributed by atoms with Gasteiger partial charge in [0, 0.05) is 23.3 Å². The van der Waals surface area contributed by atoms with E-state index in [0.717, 1.165) is 30.0 Å². The molecule has 23 heavy (non-hydrogen) atoms. The first-order valence-corrected chi connectivity index (χ1v) is 9.05. The molecule has 0 saturated carbocycles. The van der Waals surface area contributed by atoms with E-state index in [1.54, 1.807) is 17.8 Å². The predicted molar refractivity (Wildman–Crippen MR) is 90.4 cm³/mol. The quantitative estimate of drug-likeness (QED) is 0.858. The maximum absolute atomic E-state index is 12.4. The normalized spacial score (nSPS) is 14.3. The molecule has 0 spiro atoms. The van der Waals surface area contributed by atoms with Crippen LogP contribution >= 0.6 is 22.7 Å². The topological polar surface area (TPSA) is 71.5 Å². The Balaban J connectivity index is 1.95. The number of esters is 1. The van der Waals surface area contributed by atoms with E-state index in [9.17, 15) is 9.59 Å². The Kier molecular flexibility index (Phi) is 4.74. The Morgan fingerprint density at radius 2 is 2.30 bits per heavy atom. The zero-order valence-electron chi connectivity index (χ0n) is 12.9. The van der Waals surface area contributed by atoms with E-state index in [0.29, 0.717) is 22.9 Å². The monoisotopic (exact) mass is 351 g/mol. The van der Waals surface area contributed by atoms with Crippen LogP contribution in [0.2, 0.25) is 0 Å². The number of nitrogens with zero attached hydrogens (tertiary/aromatic N) is 2. The average molecular weight is 351 g/mol. The SMILES string of the molecule is CCOC(=O)c1c(NC(=O)c2cscn2)sc2c1CCN(C)C2. The molecule has 3 rings (SSSR count). The summed E-state index contributed by atoms with van der Waals surface area (Å²) in [5.74, 6) is -0.674. The van der Waals surface area contributed by atoms with Crippen molar-refractivity contribution in [3.63, 3.8) is 0 Å². The van der Waals surface area contributed by atoms with Crippen molar-refractivity contribution in [3.05, 3.63) is 32.6 Å². The number of carbonyl (C=O) groups is 2. The number of likely N-dealkylation sites (N-methyl/N-ethyl adjacent to an activating group) is 1. The summed E-state index contributed by atoms with van der Waals surface area (Å²) in [6.07, 6.45) is 0.781. The molecule has 0 unspecified atom stereocenters. The summed E-state index contributed by atoms with van der Waals surface area (Å²) >= 11 is 2.80. The summed E-state index contributed by atoms with van der Waals surface area (Å²) < 4.78 is 5.18. The second-order valence-corrected chi connectivity index (χ2v) is 7.07. The van der Waals surface area contributed by atoms with Gasteiger partial charge in [0.25, 0.3) is 5.91 Å². The van der Waals surface area contributed by atoms with Gasteiger partial charge in [0.1, 0.15) is 10.7 Å². The fourth-order valence-corrected chi connectivity index (χ4v) is 4.37. The average Bonchev–Trinajstić information content (AvgIpc) is 3.14. The maximum atomic E-state index is 12.4. The largest absolute Gasteiger partial charge is 0.462 e. The standard InChI is InChI=1S/C15H17N3O3S2/c1-3-21-15(20)12-9-4-5-18(2)6-11(9)23-14(12)17-13(19)10-7-22-8-16-10/h7-8H,3-6H2,1-2H3,(H,17,19). The lowest BCUT2D eigenvalue weighted by Crippen LogP contribution is -2.26. The van der Waals surface area contributed by atoms with E-state index >= 15 is 0 Å². The molecule has 0 atom stereocenters. The number of amides is 1. The molecule has 0 aliphatic carbocycles. The minimum Gasteiger partial charge on any atom is -0.462 e. The number of nitrogens with one attached hydrogen (secondary N) is 1. The Labute approximate surface area is 142 Å². The highest BCUT2D eigenvalue weighted by Crippen LogP contribution is 2.37. The molecule has 6 nitrogen and oxygen atoms in total. The fraction of sp³-hybridized carbons (Fsp3) is 0.400. The molecule has 8 heteroatoms. The molecule has 1 aliphatic heterocycles. The summed E-state index contributed by atoms with van der Waals surface area (Å²) in [6, 6.07) is 0. The highest BCUT2D eigenvalue weighted by Gasteiger charge is 2.28. The summed E-state index contributed by atoms with van der Waals surface area (Å²) in [4.78, 5) is 31.9. The molecule has 1 amide bonds. The van der Waals surface area contributed by atoms with Gasteiger partial charge in [-0.25, -0.2) is 9.78 Å². The number of carbonyl (C=O) groups excluding carboxylic acids is 2. The highest BCUT2D eigenvalue weighted by atomic mass is 32.1. The van der Waals surface area contributed by atoms with Crippen molar-refractivity contribution in [2.45, 2.75) is 19.9 Å². The molecule has 3 heterocycles. The van der Waals surface area contributed by atoms with Crippen LogP contribution in [-0.4, -0.2) is 42.0 Å². The van der Waals surface area contributed by atoms with Crippen LogP contribution in [0.3, 0.4) is 0 Å². The van der Waals surface area contributed by atoms with Crippen molar-refractivity contribution in [1.29, 1.82) is 0 Å². The molecular weight excluding hydrogens is 334 g/mol. The number of rotatable bonds is 4. The second-order valence-electron chi connectivity index (χ2n) is 5.24. The van der Waals surface area contributed by atoms with Crippen LogP contribution in [0.4, 0.5) is 5.00 Å². The zero-order valence-corrected chi connectivity index (χ0v) is 14.6. The minimum atomic E-state index is -0.372. The molecule has 0 aromatic carbocycles. The number of aromatic nitrogens is 1. The Bertz CT molecular complexity index is 725. The van der Waals surface area contributed by atoms with Gasteiger partial charge in [-0.05, 0) is 26.0 Å². The van der Waals surface area contributed by atoms with Crippen molar-refractivity contribution in [1.82, 2.24) is 9.88 Å². The first kappa shape index (κ1) is 16.1. The second kappa shape index (κ2) is 6.77. The van der Waals surface area contributed by atoms with E-state index < -0.39 is 0 Å². The Morgan fingerprint density at radius 1 is 1.48 bits per heavy atom. The molecule has 1 aliphatic rings. The van der Waals surface area contributed by atoms with Crippen molar-refractivity contribution >= 4 is 39.6 Å². The van der Waals surface area contributed by atoms with E-state index in [2.05, 4.69) is 15.2 Å². The van der Waals surface area contributed by atoms with Crippen molar-refractivity contribution in [2.75, 3.05) is 25.5 Å². The van der Waals surface area contributed by atoms with Gasteiger partial charge in [-0.2, -0.15) is 0 Å². The van der Waals surface area contributed by atoms with Gasteiger partial charge in [-0.15, -0.1) is 22.7 Å². The number of ether oxygens (including phenoxy) is 1. The highest BCUT2D eigenvalue weighted by molar-refractivity contribution is 7.17. The molecule has 0 bridgehead atoms.